The van der Waals surface area contributed by atoms with Gasteiger partial charge in [0.05, 0.1) is 12.8 Å². The summed E-state index contributed by atoms with van der Waals surface area (Å²) in [7, 11) is -0.446. The molecule has 0 aliphatic carbocycles. The number of nitrogens with one attached hydrogen (secondary N) is 1. The van der Waals surface area contributed by atoms with E-state index in [0.717, 1.165) is 12.1 Å². The number of para-hydroxylation sites is 2. The molecule has 0 unspecified atom stereocenters. The Morgan fingerprint density at radius 1 is 1.24 bits per heavy atom. The highest BCUT2D eigenvalue weighted by Crippen LogP contribution is 2.23. The summed E-state index contributed by atoms with van der Waals surface area (Å²) >= 11 is 0. The first-order valence-electron chi connectivity index (χ1n) is 6.13. The molecule has 1 amide bonds. The molecule has 0 spiro atoms. The van der Waals surface area contributed by atoms with Crippen LogP contribution in [-0.2, 0) is 0 Å². The smallest absolute Gasteiger partial charge is 0.491 e. The Labute approximate surface area is 121 Å². The van der Waals surface area contributed by atoms with Crippen LogP contribution in [0.3, 0.4) is 0 Å². The van der Waals surface area contributed by atoms with Gasteiger partial charge in [-0.1, -0.05) is 18.2 Å². The maximum atomic E-state index is 13.6. The molecule has 0 atom stereocenters. The normalized spacial score (nSPS) is 10.1. The van der Waals surface area contributed by atoms with Gasteiger partial charge in [0.25, 0.3) is 5.91 Å². The minimum Gasteiger partial charge on any atom is -0.495 e. The van der Waals surface area contributed by atoms with Crippen molar-refractivity contribution in [2.75, 3.05) is 12.4 Å². The van der Waals surface area contributed by atoms with Gasteiger partial charge < -0.3 is 20.1 Å². The lowest BCUT2D eigenvalue weighted by Gasteiger charge is -2.10. The highest BCUT2D eigenvalue weighted by Gasteiger charge is 2.18. The van der Waals surface area contributed by atoms with E-state index in [1.54, 1.807) is 24.3 Å². The molecule has 0 saturated carbocycles. The van der Waals surface area contributed by atoms with Crippen LogP contribution in [0.25, 0.3) is 0 Å². The van der Waals surface area contributed by atoms with Crippen LogP contribution >= 0.6 is 0 Å². The second-order valence-electron chi connectivity index (χ2n) is 4.26. The van der Waals surface area contributed by atoms with Crippen LogP contribution in [0.2, 0.25) is 0 Å². The third kappa shape index (κ3) is 3.39. The Kier molecular flexibility index (Phi) is 4.57. The molecule has 7 heteroatoms. The van der Waals surface area contributed by atoms with E-state index in [2.05, 4.69) is 5.32 Å². The maximum Gasteiger partial charge on any atom is 0.491 e. The van der Waals surface area contributed by atoms with Crippen molar-refractivity contribution < 1.29 is 24.0 Å². The van der Waals surface area contributed by atoms with Gasteiger partial charge in [-0.05, 0) is 24.3 Å². The number of methoxy groups -OCH3 is 1. The number of hydrogen-bond acceptors (Lipinski definition) is 4. The molecular formula is C14H13BFNO4. The van der Waals surface area contributed by atoms with Crippen LogP contribution in [0.5, 0.6) is 5.75 Å². The van der Waals surface area contributed by atoms with E-state index in [-0.39, 0.29) is 11.0 Å². The first-order valence-corrected chi connectivity index (χ1v) is 6.13. The average Bonchev–Trinajstić information content (AvgIpc) is 2.47. The molecule has 21 heavy (non-hydrogen) atoms. The van der Waals surface area contributed by atoms with Crippen molar-refractivity contribution in [1.29, 1.82) is 0 Å². The summed E-state index contributed by atoms with van der Waals surface area (Å²) in [6.45, 7) is 0. The number of carbonyl (C=O) groups excluding carboxylic acids is 1. The predicted molar refractivity (Wildman–Crippen MR) is 77.2 cm³/mol. The quantitative estimate of drug-likeness (QED) is 0.726. The van der Waals surface area contributed by atoms with Crippen LogP contribution < -0.4 is 15.5 Å². The predicted octanol–water partition coefficient (Wildman–Crippen LogP) is 0.766. The summed E-state index contributed by atoms with van der Waals surface area (Å²) in [5, 5.41) is 20.5. The van der Waals surface area contributed by atoms with Crippen LogP contribution in [0.1, 0.15) is 10.4 Å². The fraction of sp³-hybridized carbons (Fsp3) is 0.0714. The van der Waals surface area contributed by atoms with Gasteiger partial charge >= 0.3 is 7.12 Å². The molecule has 0 bridgehead atoms. The van der Waals surface area contributed by atoms with Gasteiger partial charge in [-0.2, -0.15) is 0 Å². The second kappa shape index (κ2) is 6.38. The second-order valence-corrected chi connectivity index (χ2v) is 4.26. The van der Waals surface area contributed by atoms with Gasteiger partial charge in [-0.3, -0.25) is 4.79 Å². The molecule has 0 aromatic heterocycles. The zero-order chi connectivity index (χ0) is 15.4. The van der Waals surface area contributed by atoms with E-state index < -0.39 is 18.8 Å². The van der Waals surface area contributed by atoms with Crippen molar-refractivity contribution in [1.82, 2.24) is 0 Å². The molecule has 3 N–H and O–H groups in total. The molecule has 2 aromatic carbocycles. The molecule has 0 radical (unpaired) electrons. The lowest BCUT2D eigenvalue weighted by Crippen LogP contribution is -2.33. The zero-order valence-electron chi connectivity index (χ0n) is 11.2. The van der Waals surface area contributed by atoms with E-state index in [4.69, 9.17) is 14.8 Å². The van der Waals surface area contributed by atoms with Gasteiger partial charge in [0.1, 0.15) is 11.6 Å². The minimum atomic E-state index is -1.92. The Hall–Kier alpha value is -2.38. The first-order chi connectivity index (χ1) is 10.0. The summed E-state index contributed by atoms with van der Waals surface area (Å²) < 4.78 is 18.7. The lowest BCUT2D eigenvalue weighted by atomic mass is 9.79. The standard InChI is InChI=1S/C14H13BFNO4/c1-21-13-5-3-2-4-12(13)17-14(18)9-6-7-10(15(19)20)11(16)8-9/h2-8,19-20H,1H3,(H,17,18). The molecule has 0 aliphatic heterocycles. The van der Waals surface area contributed by atoms with Crippen molar-refractivity contribution in [3.05, 3.63) is 53.8 Å². The van der Waals surface area contributed by atoms with Crippen LogP contribution in [0, 0.1) is 5.82 Å². The largest absolute Gasteiger partial charge is 0.495 e. The monoisotopic (exact) mass is 289 g/mol. The Bertz CT molecular complexity index is 663. The highest BCUT2D eigenvalue weighted by atomic mass is 19.1. The third-order valence-corrected chi connectivity index (χ3v) is 2.90. The number of amides is 1. The number of hydrogen-bond donors (Lipinski definition) is 3. The van der Waals surface area contributed by atoms with Crippen LogP contribution in [0.4, 0.5) is 10.1 Å². The topological polar surface area (TPSA) is 78.8 Å². The van der Waals surface area contributed by atoms with Crippen molar-refractivity contribution in [3.63, 3.8) is 0 Å². The number of halogens is 1. The molecule has 108 valence electrons. The van der Waals surface area contributed by atoms with Gasteiger partial charge in [-0.15, -0.1) is 0 Å². The maximum absolute atomic E-state index is 13.6. The lowest BCUT2D eigenvalue weighted by molar-refractivity contribution is 0.102. The van der Waals surface area contributed by atoms with E-state index in [1.165, 1.54) is 13.2 Å². The first kappa shape index (κ1) is 15.0. The SMILES string of the molecule is COc1ccccc1NC(=O)c1ccc(B(O)O)c(F)c1. The molecule has 2 aromatic rings. The van der Waals surface area contributed by atoms with Gasteiger partial charge in [-0.25, -0.2) is 4.39 Å². The number of ether oxygens (including phenoxy) is 1. The molecule has 0 heterocycles. The molecule has 5 nitrogen and oxygen atoms in total. The molecule has 0 fully saturated rings. The minimum absolute atomic E-state index is 0.0582. The molecular weight excluding hydrogens is 276 g/mol. The fourth-order valence-corrected chi connectivity index (χ4v) is 1.82. The highest BCUT2D eigenvalue weighted by molar-refractivity contribution is 6.58. The Morgan fingerprint density at radius 2 is 1.95 bits per heavy atom. The van der Waals surface area contributed by atoms with E-state index in [0.29, 0.717) is 11.4 Å². The summed E-state index contributed by atoms with van der Waals surface area (Å²) in [4.78, 5) is 12.1. The number of benzene rings is 2. The number of rotatable bonds is 4. The Morgan fingerprint density at radius 3 is 2.57 bits per heavy atom. The summed E-state index contributed by atoms with van der Waals surface area (Å²) in [6.07, 6.45) is 0. The van der Waals surface area contributed by atoms with Crippen molar-refractivity contribution >= 4 is 24.2 Å². The van der Waals surface area contributed by atoms with Crippen LogP contribution in [0.15, 0.2) is 42.5 Å². The molecule has 0 saturated heterocycles. The number of carbonyl (C=O) groups is 1. The van der Waals surface area contributed by atoms with E-state index >= 15 is 0 Å². The van der Waals surface area contributed by atoms with Gasteiger partial charge in [0, 0.05) is 11.0 Å². The van der Waals surface area contributed by atoms with E-state index in [1.807, 2.05) is 0 Å². The summed E-state index contributed by atoms with van der Waals surface area (Å²) in [6, 6.07) is 10.2. The number of anilines is 1. The average molecular weight is 289 g/mol. The summed E-state index contributed by atoms with van der Waals surface area (Å²) in [5.74, 6) is -0.913. The molecule has 0 aliphatic rings. The van der Waals surface area contributed by atoms with Crippen molar-refractivity contribution in [2.24, 2.45) is 0 Å². The fourth-order valence-electron chi connectivity index (χ4n) is 1.82. The zero-order valence-corrected chi connectivity index (χ0v) is 11.2. The third-order valence-electron chi connectivity index (χ3n) is 2.90. The molecule has 2 rings (SSSR count). The van der Waals surface area contributed by atoms with Crippen LogP contribution in [-0.4, -0.2) is 30.2 Å². The van der Waals surface area contributed by atoms with Gasteiger partial charge in [0.2, 0.25) is 0 Å². The van der Waals surface area contributed by atoms with Crippen molar-refractivity contribution in [2.45, 2.75) is 0 Å². The van der Waals surface area contributed by atoms with Gasteiger partial charge in [0.15, 0.2) is 0 Å². The Balaban J connectivity index is 2.23. The summed E-state index contributed by atoms with van der Waals surface area (Å²) in [5.41, 5.74) is 0.225. The van der Waals surface area contributed by atoms with Crippen molar-refractivity contribution in [3.8, 4) is 5.75 Å². The van der Waals surface area contributed by atoms with E-state index in [9.17, 15) is 9.18 Å².